The molecule has 0 unspecified atom stereocenters. The van der Waals surface area contributed by atoms with Gasteiger partial charge in [-0.05, 0) is 58.7 Å². The number of nitrogens with one attached hydrogen (secondary N) is 1. The van der Waals surface area contributed by atoms with Crippen LogP contribution in [0.4, 0.5) is 0 Å². The maximum absolute atomic E-state index is 12.1. The summed E-state index contributed by atoms with van der Waals surface area (Å²) in [6.45, 7) is 1.57. The van der Waals surface area contributed by atoms with E-state index in [0.29, 0.717) is 25.8 Å². The number of amides is 1. The van der Waals surface area contributed by atoms with Crippen molar-refractivity contribution in [3.05, 3.63) is 50.4 Å². The molecule has 9 heteroatoms. The molecule has 138 valence electrons. The highest BCUT2D eigenvalue weighted by Gasteiger charge is 2.16. The molecule has 0 spiro atoms. The van der Waals surface area contributed by atoms with E-state index in [-0.39, 0.29) is 11.5 Å². The van der Waals surface area contributed by atoms with E-state index in [2.05, 4.69) is 26.5 Å². The van der Waals surface area contributed by atoms with Crippen LogP contribution >= 0.6 is 39.1 Å². The monoisotopic (exact) mass is 460 g/mol. The predicted molar refractivity (Wildman–Crippen MR) is 105 cm³/mol. The van der Waals surface area contributed by atoms with Crippen molar-refractivity contribution in [1.29, 1.82) is 0 Å². The first-order valence-electron chi connectivity index (χ1n) is 7.33. The Morgan fingerprint density at radius 1 is 1.31 bits per heavy atom. The number of halogens is 3. The smallest absolute Gasteiger partial charge is 0.280 e. The van der Waals surface area contributed by atoms with Gasteiger partial charge < -0.3 is 14.6 Å². The van der Waals surface area contributed by atoms with E-state index in [1.807, 2.05) is 0 Å². The van der Waals surface area contributed by atoms with Crippen LogP contribution in [0.1, 0.15) is 12.5 Å². The summed E-state index contributed by atoms with van der Waals surface area (Å²) in [5, 5.41) is 14.4. The SMILES string of the molecule is COc1cc(/C=N/NC(=O)[C@H](C)Oc2ccc(Cl)cc2Cl)cc(Br)c1O. The first kappa shape index (κ1) is 20.4. The second-order valence-corrected chi connectivity index (χ2v) is 6.82. The Morgan fingerprint density at radius 3 is 2.69 bits per heavy atom. The fourth-order valence-corrected chi connectivity index (χ4v) is 2.81. The van der Waals surface area contributed by atoms with Gasteiger partial charge in [-0.2, -0.15) is 5.10 Å². The molecule has 0 saturated heterocycles. The number of nitrogens with zero attached hydrogens (tertiary/aromatic N) is 1. The predicted octanol–water partition coefficient (Wildman–Crippen LogP) is 4.39. The van der Waals surface area contributed by atoms with E-state index >= 15 is 0 Å². The molecule has 1 amide bonds. The molecule has 0 aliphatic heterocycles. The number of carbonyl (C=O) groups is 1. The summed E-state index contributed by atoms with van der Waals surface area (Å²) in [6.07, 6.45) is 0.582. The lowest BCUT2D eigenvalue weighted by Gasteiger charge is -2.14. The quantitative estimate of drug-likeness (QED) is 0.493. The molecule has 1 atom stereocenters. The van der Waals surface area contributed by atoms with Gasteiger partial charge in [-0.1, -0.05) is 23.2 Å². The molecule has 0 aliphatic carbocycles. The molecule has 2 aromatic carbocycles. The summed E-state index contributed by atoms with van der Waals surface area (Å²) in [7, 11) is 1.44. The molecular weight excluding hydrogens is 447 g/mol. The fraction of sp³-hybridized carbons (Fsp3) is 0.176. The zero-order valence-corrected chi connectivity index (χ0v) is 16.9. The third kappa shape index (κ3) is 5.27. The fourth-order valence-electron chi connectivity index (χ4n) is 1.90. The number of methoxy groups -OCH3 is 1. The van der Waals surface area contributed by atoms with Crippen LogP contribution in [0.25, 0.3) is 0 Å². The zero-order chi connectivity index (χ0) is 19.3. The van der Waals surface area contributed by atoms with E-state index in [1.54, 1.807) is 31.2 Å². The van der Waals surface area contributed by atoms with Gasteiger partial charge in [0.1, 0.15) is 5.75 Å². The highest BCUT2D eigenvalue weighted by atomic mass is 79.9. The molecule has 0 radical (unpaired) electrons. The number of ether oxygens (including phenoxy) is 2. The van der Waals surface area contributed by atoms with Crippen LogP contribution in [0.2, 0.25) is 10.0 Å². The van der Waals surface area contributed by atoms with Crippen molar-refractivity contribution in [3.8, 4) is 17.2 Å². The van der Waals surface area contributed by atoms with Crippen LogP contribution in [-0.2, 0) is 4.79 Å². The Hall–Kier alpha value is -1.96. The molecule has 2 N–H and O–H groups in total. The zero-order valence-electron chi connectivity index (χ0n) is 13.8. The molecule has 0 bridgehead atoms. The van der Waals surface area contributed by atoms with Crippen LogP contribution in [0, 0.1) is 0 Å². The third-order valence-electron chi connectivity index (χ3n) is 3.23. The molecule has 0 aromatic heterocycles. The lowest BCUT2D eigenvalue weighted by atomic mass is 10.2. The maximum Gasteiger partial charge on any atom is 0.280 e. The number of phenols is 1. The van der Waals surface area contributed by atoms with Crippen molar-refractivity contribution in [2.75, 3.05) is 7.11 Å². The van der Waals surface area contributed by atoms with Crippen LogP contribution in [0.15, 0.2) is 39.9 Å². The van der Waals surface area contributed by atoms with Crippen LogP contribution in [0.3, 0.4) is 0 Å². The van der Waals surface area contributed by atoms with Crippen molar-refractivity contribution in [2.45, 2.75) is 13.0 Å². The summed E-state index contributed by atoms with van der Waals surface area (Å²) in [5.74, 6) is 0.142. The van der Waals surface area contributed by atoms with Gasteiger partial charge in [0.15, 0.2) is 17.6 Å². The minimum Gasteiger partial charge on any atom is -0.503 e. The highest BCUT2D eigenvalue weighted by Crippen LogP contribution is 2.34. The first-order valence-corrected chi connectivity index (χ1v) is 8.88. The number of aromatic hydroxyl groups is 1. The van der Waals surface area contributed by atoms with E-state index < -0.39 is 12.0 Å². The van der Waals surface area contributed by atoms with Gasteiger partial charge >= 0.3 is 0 Å². The molecule has 6 nitrogen and oxygen atoms in total. The second-order valence-electron chi connectivity index (χ2n) is 5.12. The topological polar surface area (TPSA) is 80.2 Å². The van der Waals surface area contributed by atoms with E-state index in [4.69, 9.17) is 32.7 Å². The average molecular weight is 462 g/mol. The minimum atomic E-state index is -0.827. The normalized spacial score (nSPS) is 12.0. The van der Waals surface area contributed by atoms with Gasteiger partial charge in [0, 0.05) is 5.02 Å². The van der Waals surface area contributed by atoms with Gasteiger partial charge in [-0.15, -0.1) is 0 Å². The average Bonchev–Trinajstić information content (AvgIpc) is 2.60. The van der Waals surface area contributed by atoms with Gasteiger partial charge in [0.05, 0.1) is 22.8 Å². The summed E-state index contributed by atoms with van der Waals surface area (Å²) >= 11 is 15.0. The summed E-state index contributed by atoms with van der Waals surface area (Å²) in [4.78, 5) is 12.1. The molecule has 0 heterocycles. The molecular formula is C17H15BrCl2N2O4. The first-order chi connectivity index (χ1) is 12.3. The molecule has 2 aromatic rings. The number of benzene rings is 2. The molecule has 2 rings (SSSR count). The van der Waals surface area contributed by atoms with E-state index in [9.17, 15) is 9.90 Å². The van der Waals surface area contributed by atoms with Crippen molar-refractivity contribution in [2.24, 2.45) is 5.10 Å². The van der Waals surface area contributed by atoms with Crippen molar-refractivity contribution < 1.29 is 19.4 Å². The van der Waals surface area contributed by atoms with Crippen molar-refractivity contribution in [1.82, 2.24) is 5.43 Å². The Kier molecular flexibility index (Phi) is 7.14. The lowest BCUT2D eigenvalue weighted by Crippen LogP contribution is -2.33. The van der Waals surface area contributed by atoms with Crippen LogP contribution in [0.5, 0.6) is 17.2 Å². The number of phenolic OH excluding ortho intramolecular Hbond substituents is 1. The largest absolute Gasteiger partial charge is 0.503 e. The molecule has 26 heavy (non-hydrogen) atoms. The molecule has 0 aliphatic rings. The minimum absolute atomic E-state index is 0.0180. The Bertz CT molecular complexity index is 846. The summed E-state index contributed by atoms with van der Waals surface area (Å²) in [5.41, 5.74) is 2.98. The molecule has 0 fully saturated rings. The number of carbonyl (C=O) groups excluding carboxylic acids is 1. The van der Waals surface area contributed by atoms with Gasteiger partial charge in [-0.25, -0.2) is 5.43 Å². The van der Waals surface area contributed by atoms with Gasteiger partial charge in [0.25, 0.3) is 5.91 Å². The number of hydrogen-bond donors (Lipinski definition) is 2. The second kappa shape index (κ2) is 9.12. The Morgan fingerprint density at radius 2 is 2.04 bits per heavy atom. The van der Waals surface area contributed by atoms with Crippen LogP contribution < -0.4 is 14.9 Å². The van der Waals surface area contributed by atoms with Crippen molar-refractivity contribution in [3.63, 3.8) is 0 Å². The Balaban J connectivity index is 1.99. The molecule has 0 saturated carbocycles. The van der Waals surface area contributed by atoms with E-state index in [0.717, 1.165) is 0 Å². The summed E-state index contributed by atoms with van der Waals surface area (Å²) in [6, 6.07) is 7.92. The van der Waals surface area contributed by atoms with Gasteiger partial charge in [0.2, 0.25) is 0 Å². The maximum atomic E-state index is 12.1. The standard InChI is InChI=1S/C17H15BrCl2N2O4/c1-9(26-14-4-3-11(19)7-13(14)20)17(24)22-21-8-10-5-12(18)16(23)15(6-10)25-2/h3-9,23H,1-2H3,(H,22,24)/b21-8+/t9-/m0/s1. The Labute approximate surface area is 168 Å². The summed E-state index contributed by atoms with van der Waals surface area (Å²) < 4.78 is 11.0. The van der Waals surface area contributed by atoms with Crippen molar-refractivity contribution >= 4 is 51.3 Å². The van der Waals surface area contributed by atoms with Crippen LogP contribution in [-0.4, -0.2) is 30.4 Å². The number of hydrogen-bond acceptors (Lipinski definition) is 5. The van der Waals surface area contributed by atoms with E-state index in [1.165, 1.54) is 19.4 Å². The number of hydrazone groups is 1. The lowest BCUT2D eigenvalue weighted by molar-refractivity contribution is -0.127. The third-order valence-corrected chi connectivity index (χ3v) is 4.36. The highest BCUT2D eigenvalue weighted by molar-refractivity contribution is 9.10. The number of rotatable bonds is 6. The van der Waals surface area contributed by atoms with Gasteiger partial charge in [-0.3, -0.25) is 4.79 Å².